The third kappa shape index (κ3) is 3.95. The van der Waals surface area contributed by atoms with Crippen molar-refractivity contribution in [2.45, 2.75) is 0 Å². The highest BCUT2D eigenvalue weighted by atomic mass is 32.2. The molecule has 2 amide bonds. The summed E-state index contributed by atoms with van der Waals surface area (Å²) in [5, 5.41) is 18.5. The number of para-hydroxylation sites is 1. The predicted octanol–water partition coefficient (Wildman–Crippen LogP) is 3.21. The minimum atomic E-state index is -0.403. The van der Waals surface area contributed by atoms with E-state index < -0.39 is 5.91 Å². The minimum Gasteiger partial charge on any atom is -0.504 e. The smallest absolute Gasteiger partial charge is 0.293 e. The maximum absolute atomic E-state index is 12.4. The molecule has 1 aliphatic heterocycles. The number of phenols is 2. The van der Waals surface area contributed by atoms with E-state index in [1.54, 1.807) is 18.2 Å². The molecule has 128 valence electrons. The van der Waals surface area contributed by atoms with Gasteiger partial charge in [0.05, 0.1) is 11.4 Å². The molecule has 0 atom stereocenters. The van der Waals surface area contributed by atoms with E-state index in [0.29, 0.717) is 11.3 Å². The van der Waals surface area contributed by atoms with E-state index >= 15 is 0 Å². The molecule has 25 heavy (non-hydrogen) atoms. The summed E-state index contributed by atoms with van der Waals surface area (Å²) in [6, 6.07) is 13.3. The van der Waals surface area contributed by atoms with Crippen LogP contribution in [0, 0.1) is 0 Å². The highest BCUT2D eigenvalue weighted by molar-refractivity contribution is 8.18. The Balaban J connectivity index is 1.65. The Morgan fingerprint density at radius 3 is 2.52 bits per heavy atom. The lowest BCUT2D eigenvalue weighted by Crippen LogP contribution is -2.32. The monoisotopic (exact) mass is 357 g/mol. The second kappa shape index (κ2) is 7.31. The Bertz CT molecular complexity index is 835. The van der Waals surface area contributed by atoms with Gasteiger partial charge in [0.1, 0.15) is 12.4 Å². The van der Waals surface area contributed by atoms with Crippen molar-refractivity contribution in [3.8, 4) is 17.2 Å². The van der Waals surface area contributed by atoms with Crippen molar-refractivity contribution in [2.24, 2.45) is 0 Å². The summed E-state index contributed by atoms with van der Waals surface area (Å²) >= 11 is 0.832. The van der Waals surface area contributed by atoms with Crippen LogP contribution in [0.2, 0.25) is 0 Å². The molecule has 1 heterocycles. The van der Waals surface area contributed by atoms with E-state index in [1.165, 1.54) is 18.2 Å². The number of ether oxygens (including phenoxy) is 1. The number of benzene rings is 2. The van der Waals surface area contributed by atoms with E-state index in [1.807, 2.05) is 18.2 Å². The third-order valence-corrected chi connectivity index (χ3v) is 4.41. The van der Waals surface area contributed by atoms with Crippen LogP contribution in [0.15, 0.2) is 53.4 Å². The first-order valence-electron chi connectivity index (χ1n) is 7.50. The molecule has 0 aliphatic carbocycles. The van der Waals surface area contributed by atoms with Crippen LogP contribution in [0.4, 0.5) is 4.79 Å². The van der Waals surface area contributed by atoms with Gasteiger partial charge >= 0.3 is 0 Å². The van der Waals surface area contributed by atoms with E-state index in [9.17, 15) is 19.8 Å². The zero-order valence-electron chi connectivity index (χ0n) is 13.1. The van der Waals surface area contributed by atoms with Crippen LogP contribution in [0.1, 0.15) is 5.56 Å². The number of carbonyl (C=O) groups is 2. The number of carbonyl (C=O) groups excluding carboxylic acids is 2. The van der Waals surface area contributed by atoms with Crippen LogP contribution in [0.5, 0.6) is 17.2 Å². The number of amides is 2. The summed E-state index contributed by atoms with van der Waals surface area (Å²) in [4.78, 5) is 25.8. The summed E-state index contributed by atoms with van der Waals surface area (Å²) in [5.74, 6) is -0.267. The molecule has 0 radical (unpaired) electrons. The van der Waals surface area contributed by atoms with Gasteiger partial charge in [0.25, 0.3) is 11.1 Å². The molecule has 2 aromatic carbocycles. The Morgan fingerprint density at radius 1 is 1.04 bits per heavy atom. The predicted molar refractivity (Wildman–Crippen MR) is 94.4 cm³/mol. The number of phenolic OH excluding ortho intramolecular Hbond substituents is 2. The first-order valence-corrected chi connectivity index (χ1v) is 8.31. The largest absolute Gasteiger partial charge is 0.504 e. The maximum Gasteiger partial charge on any atom is 0.293 e. The van der Waals surface area contributed by atoms with Crippen molar-refractivity contribution >= 4 is 29.0 Å². The highest BCUT2D eigenvalue weighted by Gasteiger charge is 2.34. The lowest BCUT2D eigenvalue weighted by atomic mass is 10.2. The van der Waals surface area contributed by atoms with E-state index in [-0.39, 0.29) is 34.8 Å². The van der Waals surface area contributed by atoms with Gasteiger partial charge in [-0.2, -0.15) is 0 Å². The normalized spacial score (nSPS) is 15.8. The zero-order chi connectivity index (χ0) is 17.8. The summed E-state index contributed by atoms with van der Waals surface area (Å²) in [5.41, 5.74) is 0.515. The second-order valence-corrected chi connectivity index (χ2v) is 6.24. The zero-order valence-corrected chi connectivity index (χ0v) is 13.9. The van der Waals surface area contributed by atoms with E-state index in [4.69, 9.17) is 4.74 Å². The van der Waals surface area contributed by atoms with Crippen molar-refractivity contribution in [1.82, 2.24) is 4.90 Å². The Kier molecular flexibility index (Phi) is 4.95. The van der Waals surface area contributed by atoms with Gasteiger partial charge in [0.15, 0.2) is 11.5 Å². The van der Waals surface area contributed by atoms with Gasteiger partial charge in [-0.1, -0.05) is 24.3 Å². The fourth-order valence-corrected chi connectivity index (χ4v) is 3.11. The molecule has 7 heteroatoms. The average molecular weight is 357 g/mol. The van der Waals surface area contributed by atoms with Gasteiger partial charge in [-0.3, -0.25) is 14.5 Å². The van der Waals surface area contributed by atoms with Crippen LogP contribution in [0.3, 0.4) is 0 Å². The van der Waals surface area contributed by atoms with Gasteiger partial charge in [-0.15, -0.1) is 0 Å². The fourth-order valence-electron chi connectivity index (χ4n) is 2.25. The first-order chi connectivity index (χ1) is 12.0. The summed E-state index contributed by atoms with van der Waals surface area (Å²) in [6.07, 6.45) is 1.50. The van der Waals surface area contributed by atoms with Crippen molar-refractivity contribution in [2.75, 3.05) is 13.2 Å². The molecule has 0 aromatic heterocycles. The number of aromatic hydroxyl groups is 2. The Hall–Kier alpha value is -2.93. The van der Waals surface area contributed by atoms with Crippen LogP contribution >= 0.6 is 11.8 Å². The molecule has 1 saturated heterocycles. The summed E-state index contributed by atoms with van der Waals surface area (Å²) < 4.78 is 5.51. The quantitative estimate of drug-likeness (QED) is 0.631. The Morgan fingerprint density at radius 2 is 1.80 bits per heavy atom. The van der Waals surface area contributed by atoms with Crippen LogP contribution in [0.25, 0.3) is 6.08 Å². The van der Waals surface area contributed by atoms with E-state index in [2.05, 4.69) is 0 Å². The molecule has 0 bridgehead atoms. The molecule has 0 spiro atoms. The van der Waals surface area contributed by atoms with Crippen molar-refractivity contribution in [3.05, 3.63) is 59.0 Å². The number of hydrogen-bond donors (Lipinski definition) is 2. The van der Waals surface area contributed by atoms with Crippen molar-refractivity contribution in [3.63, 3.8) is 0 Å². The molecule has 1 fully saturated rings. The third-order valence-electron chi connectivity index (χ3n) is 3.50. The molecule has 0 saturated carbocycles. The number of thioether (sulfide) groups is 1. The SMILES string of the molecule is O=C1S/C(=C\c2ccc(O)c(O)c2)C(=O)N1CCOc1ccccc1. The lowest BCUT2D eigenvalue weighted by Gasteiger charge is -2.13. The molecule has 6 nitrogen and oxygen atoms in total. The van der Waals surface area contributed by atoms with Crippen molar-refractivity contribution < 1.29 is 24.5 Å². The molecular formula is C18H15NO5S. The van der Waals surface area contributed by atoms with Gasteiger partial charge in [-0.05, 0) is 47.7 Å². The molecular weight excluding hydrogens is 342 g/mol. The number of rotatable bonds is 5. The second-order valence-electron chi connectivity index (χ2n) is 5.24. The first kappa shape index (κ1) is 16.9. The van der Waals surface area contributed by atoms with Gasteiger partial charge in [-0.25, -0.2) is 0 Å². The number of imide groups is 1. The van der Waals surface area contributed by atoms with Gasteiger partial charge < -0.3 is 14.9 Å². The lowest BCUT2D eigenvalue weighted by molar-refractivity contribution is -0.123. The van der Waals surface area contributed by atoms with E-state index in [0.717, 1.165) is 16.7 Å². The van der Waals surface area contributed by atoms with Crippen LogP contribution in [-0.2, 0) is 4.79 Å². The molecule has 3 rings (SSSR count). The minimum absolute atomic E-state index is 0.151. The summed E-state index contributed by atoms with van der Waals surface area (Å²) in [7, 11) is 0. The fraction of sp³-hybridized carbons (Fsp3) is 0.111. The van der Waals surface area contributed by atoms with Crippen LogP contribution in [-0.4, -0.2) is 39.4 Å². The van der Waals surface area contributed by atoms with Gasteiger partial charge in [0, 0.05) is 0 Å². The topological polar surface area (TPSA) is 87.1 Å². The number of hydrogen-bond acceptors (Lipinski definition) is 6. The average Bonchev–Trinajstić information content (AvgIpc) is 2.86. The molecule has 2 aromatic rings. The molecule has 0 unspecified atom stereocenters. The molecule has 1 aliphatic rings. The highest BCUT2D eigenvalue weighted by Crippen LogP contribution is 2.33. The van der Waals surface area contributed by atoms with Crippen molar-refractivity contribution in [1.29, 1.82) is 0 Å². The van der Waals surface area contributed by atoms with Gasteiger partial charge in [0.2, 0.25) is 0 Å². The van der Waals surface area contributed by atoms with Crippen LogP contribution < -0.4 is 4.74 Å². The maximum atomic E-state index is 12.4. The summed E-state index contributed by atoms with van der Waals surface area (Å²) in [6.45, 7) is 0.354. The molecule has 2 N–H and O–H groups in total. The number of nitrogens with zero attached hydrogens (tertiary/aromatic N) is 1. The Labute approximate surface area is 148 Å². The standard InChI is InChI=1S/C18H15NO5S/c20-14-7-6-12(10-15(14)21)11-16-17(22)19(18(23)25-16)8-9-24-13-4-2-1-3-5-13/h1-7,10-11,20-21H,8-9H2/b16-11-.